The minimum absolute atomic E-state index is 0.303. The molecule has 0 saturated heterocycles. The first kappa shape index (κ1) is 22.5. The highest BCUT2D eigenvalue weighted by Crippen LogP contribution is 2.31. The predicted molar refractivity (Wildman–Crippen MR) is 115 cm³/mol. The van der Waals surface area contributed by atoms with Gasteiger partial charge in [0.05, 0.1) is 23.7 Å². The summed E-state index contributed by atoms with van der Waals surface area (Å²) in [6, 6.07) is 10.8. The van der Waals surface area contributed by atoms with Crippen LogP contribution < -0.4 is 16.0 Å². The normalized spacial score (nSPS) is 11.4. The Balaban J connectivity index is 2.08. The molecule has 0 aromatic heterocycles. The second kappa shape index (κ2) is 11.3. The number of carbonyl (C=O) groups is 2. The Labute approximate surface area is 174 Å². The lowest BCUT2D eigenvalue weighted by molar-refractivity contribution is -0.117. The Bertz CT molecular complexity index is 848. The summed E-state index contributed by atoms with van der Waals surface area (Å²) >= 11 is 1.55. The van der Waals surface area contributed by atoms with Gasteiger partial charge in [0.1, 0.15) is 11.9 Å². The molecule has 0 aliphatic heterocycles. The first-order chi connectivity index (χ1) is 13.9. The van der Waals surface area contributed by atoms with Crippen LogP contribution in [0.15, 0.2) is 47.4 Å². The third kappa shape index (κ3) is 6.98. The van der Waals surface area contributed by atoms with Crippen LogP contribution in [0, 0.1) is 5.82 Å². The Morgan fingerprint density at radius 3 is 2.62 bits per heavy atom. The number of thioether (sulfide) groups is 1. The minimum atomic E-state index is -0.819. The number of anilines is 3. The molecule has 0 aliphatic rings. The minimum Gasteiger partial charge on any atom is -0.450 e. The van der Waals surface area contributed by atoms with Crippen molar-refractivity contribution in [2.24, 2.45) is 0 Å². The molecular formula is C21H26FN3O3S. The third-order valence-electron chi connectivity index (χ3n) is 4.07. The van der Waals surface area contributed by atoms with E-state index >= 15 is 0 Å². The highest BCUT2D eigenvalue weighted by molar-refractivity contribution is 7.98. The summed E-state index contributed by atoms with van der Waals surface area (Å²) in [5, 5.41) is 8.37. The number of amides is 2. The maximum Gasteiger partial charge on any atom is 0.407 e. The third-order valence-corrected chi connectivity index (χ3v) is 4.87. The lowest BCUT2D eigenvalue weighted by atomic mass is 10.2. The van der Waals surface area contributed by atoms with Crippen LogP contribution in [0.3, 0.4) is 0 Å². The summed E-state index contributed by atoms with van der Waals surface area (Å²) < 4.78 is 18.8. The van der Waals surface area contributed by atoms with E-state index in [1.54, 1.807) is 18.7 Å². The summed E-state index contributed by atoms with van der Waals surface area (Å²) in [7, 11) is 0. The predicted octanol–water partition coefficient (Wildman–Crippen LogP) is 5.14. The molecule has 0 saturated carbocycles. The molecule has 6 nitrogen and oxygen atoms in total. The Kier molecular flexibility index (Phi) is 8.79. The summed E-state index contributed by atoms with van der Waals surface area (Å²) in [6.07, 6.45) is 2.97. The van der Waals surface area contributed by atoms with Crippen molar-refractivity contribution in [2.45, 2.75) is 37.6 Å². The van der Waals surface area contributed by atoms with Gasteiger partial charge in [0.25, 0.3) is 0 Å². The summed E-state index contributed by atoms with van der Waals surface area (Å²) in [4.78, 5) is 25.2. The average molecular weight is 420 g/mol. The zero-order valence-corrected chi connectivity index (χ0v) is 17.6. The van der Waals surface area contributed by atoms with Crippen molar-refractivity contribution in [1.29, 1.82) is 0 Å². The number of alkyl carbamates (subject to hydrolysis) is 1. The van der Waals surface area contributed by atoms with Crippen molar-refractivity contribution < 1.29 is 18.7 Å². The number of rotatable bonds is 9. The summed E-state index contributed by atoms with van der Waals surface area (Å²) in [6.45, 7) is 3.84. The second-order valence-electron chi connectivity index (χ2n) is 6.36. The number of benzene rings is 2. The molecule has 3 N–H and O–H groups in total. The van der Waals surface area contributed by atoms with Gasteiger partial charge in [0.2, 0.25) is 5.91 Å². The lowest BCUT2D eigenvalue weighted by Crippen LogP contribution is -2.42. The summed E-state index contributed by atoms with van der Waals surface area (Å²) in [5.41, 5.74) is 1.62. The smallest absolute Gasteiger partial charge is 0.407 e. The molecule has 0 bridgehead atoms. The van der Waals surface area contributed by atoms with Gasteiger partial charge in [-0.05, 0) is 49.9 Å². The number of halogens is 1. The first-order valence-corrected chi connectivity index (χ1v) is 10.6. The van der Waals surface area contributed by atoms with Crippen molar-refractivity contribution in [3.8, 4) is 0 Å². The molecule has 2 aromatic rings. The van der Waals surface area contributed by atoms with E-state index < -0.39 is 23.9 Å². The maximum absolute atomic E-state index is 13.8. The van der Waals surface area contributed by atoms with E-state index in [1.807, 2.05) is 37.4 Å². The average Bonchev–Trinajstić information content (AvgIpc) is 2.70. The number of carbonyl (C=O) groups excluding carboxylic acids is 2. The van der Waals surface area contributed by atoms with Crippen LogP contribution in [-0.4, -0.2) is 30.9 Å². The van der Waals surface area contributed by atoms with Crippen LogP contribution in [0.25, 0.3) is 0 Å². The standard InChI is InChI=1S/C21H26FN3O3S/c1-4-5-12-28-21(27)23-14(2)20(26)25-16-11-10-15(22)13-18(16)24-17-8-6-7-9-19(17)29-3/h6-11,13-14,24H,4-5,12H2,1-3H3,(H,23,27)(H,25,26). The number of nitrogens with one attached hydrogen (secondary N) is 3. The zero-order chi connectivity index (χ0) is 21.2. The molecule has 2 aromatic carbocycles. The van der Waals surface area contributed by atoms with Crippen LogP contribution in [0.2, 0.25) is 0 Å². The quantitative estimate of drug-likeness (QED) is 0.387. The van der Waals surface area contributed by atoms with Gasteiger partial charge in [0.15, 0.2) is 0 Å². The highest BCUT2D eigenvalue weighted by atomic mass is 32.2. The van der Waals surface area contributed by atoms with Crippen molar-refractivity contribution in [1.82, 2.24) is 5.32 Å². The van der Waals surface area contributed by atoms with E-state index in [9.17, 15) is 14.0 Å². The van der Waals surface area contributed by atoms with Crippen LogP contribution in [0.4, 0.5) is 26.2 Å². The number of ether oxygens (including phenoxy) is 1. The monoisotopic (exact) mass is 419 g/mol. The number of unbranched alkanes of at least 4 members (excludes halogenated alkanes) is 1. The SMILES string of the molecule is CCCCOC(=O)NC(C)C(=O)Nc1ccc(F)cc1Nc1ccccc1SC. The van der Waals surface area contributed by atoms with Gasteiger partial charge >= 0.3 is 6.09 Å². The molecule has 29 heavy (non-hydrogen) atoms. The van der Waals surface area contributed by atoms with Crippen LogP contribution >= 0.6 is 11.8 Å². The molecule has 0 fully saturated rings. The molecule has 2 amide bonds. The second-order valence-corrected chi connectivity index (χ2v) is 7.21. The van der Waals surface area contributed by atoms with E-state index in [4.69, 9.17) is 4.74 Å². The van der Waals surface area contributed by atoms with Crippen molar-refractivity contribution >= 4 is 40.8 Å². The van der Waals surface area contributed by atoms with Crippen molar-refractivity contribution in [3.05, 3.63) is 48.3 Å². The Hall–Kier alpha value is -2.74. The Morgan fingerprint density at radius 1 is 1.14 bits per heavy atom. The van der Waals surface area contributed by atoms with E-state index in [0.29, 0.717) is 18.0 Å². The molecule has 0 spiro atoms. The Morgan fingerprint density at radius 2 is 1.90 bits per heavy atom. The van der Waals surface area contributed by atoms with Crippen molar-refractivity contribution in [2.75, 3.05) is 23.5 Å². The molecule has 2 rings (SSSR count). The number of hydrogen-bond acceptors (Lipinski definition) is 5. The largest absolute Gasteiger partial charge is 0.450 e. The van der Waals surface area contributed by atoms with Gasteiger partial charge in [-0.3, -0.25) is 4.79 Å². The molecule has 156 valence electrons. The van der Waals surface area contributed by atoms with Gasteiger partial charge in [-0.15, -0.1) is 11.8 Å². The lowest BCUT2D eigenvalue weighted by Gasteiger charge is -2.18. The van der Waals surface area contributed by atoms with Gasteiger partial charge in [-0.2, -0.15) is 0 Å². The maximum atomic E-state index is 13.8. The zero-order valence-electron chi connectivity index (χ0n) is 16.8. The van der Waals surface area contributed by atoms with Crippen molar-refractivity contribution in [3.63, 3.8) is 0 Å². The van der Waals surface area contributed by atoms with Gasteiger partial charge in [-0.25, -0.2) is 9.18 Å². The molecule has 8 heteroatoms. The van der Waals surface area contributed by atoms with Gasteiger partial charge in [-0.1, -0.05) is 25.5 Å². The van der Waals surface area contributed by atoms with Crippen LogP contribution in [0.1, 0.15) is 26.7 Å². The van der Waals surface area contributed by atoms with Crippen LogP contribution in [0.5, 0.6) is 0 Å². The molecule has 1 unspecified atom stereocenters. The van der Waals surface area contributed by atoms with E-state index in [0.717, 1.165) is 23.4 Å². The fraction of sp³-hybridized carbons (Fsp3) is 0.333. The van der Waals surface area contributed by atoms with E-state index in [1.165, 1.54) is 18.2 Å². The molecular weight excluding hydrogens is 393 g/mol. The topological polar surface area (TPSA) is 79.5 Å². The molecule has 0 heterocycles. The number of hydrogen-bond donors (Lipinski definition) is 3. The molecule has 0 aliphatic carbocycles. The van der Waals surface area contributed by atoms with Crippen LogP contribution in [-0.2, 0) is 9.53 Å². The highest BCUT2D eigenvalue weighted by Gasteiger charge is 2.18. The number of para-hydroxylation sites is 1. The van der Waals surface area contributed by atoms with Gasteiger partial charge < -0.3 is 20.7 Å². The first-order valence-electron chi connectivity index (χ1n) is 9.38. The summed E-state index contributed by atoms with van der Waals surface area (Å²) in [5.74, 6) is -0.872. The fourth-order valence-corrected chi connectivity index (χ4v) is 3.01. The fourth-order valence-electron chi connectivity index (χ4n) is 2.46. The van der Waals surface area contributed by atoms with E-state index in [2.05, 4.69) is 16.0 Å². The van der Waals surface area contributed by atoms with E-state index in [-0.39, 0.29) is 0 Å². The molecule has 1 atom stereocenters. The van der Waals surface area contributed by atoms with Gasteiger partial charge in [0, 0.05) is 4.90 Å². The molecule has 0 radical (unpaired) electrons.